The average Bonchev–Trinajstić information content (AvgIpc) is 2.49. The van der Waals surface area contributed by atoms with E-state index in [4.69, 9.17) is 5.26 Å². The number of hydrogen-bond donors (Lipinski definition) is 1. The number of rotatable bonds is 11. The minimum absolute atomic E-state index is 0.538. The van der Waals surface area contributed by atoms with Crippen LogP contribution in [0.4, 0.5) is 0 Å². The fourth-order valence-corrected chi connectivity index (χ4v) is 2.29. The lowest BCUT2D eigenvalue weighted by Gasteiger charge is -2.06. The molecule has 3 nitrogen and oxygen atoms in total. The minimum atomic E-state index is 0.538. The van der Waals surface area contributed by atoms with Crippen LogP contribution >= 0.6 is 0 Å². The van der Waals surface area contributed by atoms with Crippen LogP contribution in [0.3, 0.4) is 0 Å². The van der Waals surface area contributed by atoms with Gasteiger partial charge in [-0.1, -0.05) is 57.9 Å². The van der Waals surface area contributed by atoms with E-state index < -0.39 is 0 Å². The molecule has 0 fully saturated rings. The van der Waals surface area contributed by atoms with Crippen molar-refractivity contribution in [2.75, 3.05) is 6.54 Å². The molecular weight excluding hydrogens is 246 g/mol. The van der Waals surface area contributed by atoms with Gasteiger partial charge in [-0.15, -0.1) is 0 Å². The maximum absolute atomic E-state index is 8.94. The highest BCUT2D eigenvalue weighted by molar-refractivity contribution is 5.30. The first-order valence-electron chi connectivity index (χ1n) is 7.93. The van der Waals surface area contributed by atoms with E-state index >= 15 is 0 Å². The standard InChI is InChI=1S/C17H27N3/c1-2-3-4-5-6-7-8-9-12-19-15-16-11-10-13-20-17(16)14-18/h10-11,13,19H,2-9,12,15H2,1H3. The predicted octanol–water partition coefficient (Wildman–Crippen LogP) is 4.18. The van der Waals surface area contributed by atoms with Gasteiger partial charge in [0.2, 0.25) is 0 Å². The molecule has 0 spiro atoms. The SMILES string of the molecule is CCCCCCCCCCNCc1cccnc1C#N. The molecule has 0 aliphatic rings. The zero-order chi connectivity index (χ0) is 14.5. The first-order valence-corrected chi connectivity index (χ1v) is 7.93. The van der Waals surface area contributed by atoms with E-state index in [2.05, 4.69) is 23.3 Å². The normalized spacial score (nSPS) is 10.4. The second-order valence-corrected chi connectivity index (χ2v) is 5.27. The van der Waals surface area contributed by atoms with Crippen molar-refractivity contribution >= 4 is 0 Å². The summed E-state index contributed by atoms with van der Waals surface area (Å²) in [7, 11) is 0. The van der Waals surface area contributed by atoms with Gasteiger partial charge in [0.05, 0.1) is 0 Å². The number of nitriles is 1. The molecular formula is C17H27N3. The molecule has 1 N–H and O–H groups in total. The number of nitrogens with zero attached hydrogens (tertiary/aromatic N) is 2. The Morgan fingerprint density at radius 3 is 2.50 bits per heavy atom. The van der Waals surface area contributed by atoms with E-state index in [0.717, 1.165) is 18.7 Å². The molecule has 0 saturated carbocycles. The van der Waals surface area contributed by atoms with Gasteiger partial charge in [-0.05, 0) is 19.0 Å². The van der Waals surface area contributed by atoms with Gasteiger partial charge in [0.15, 0.2) is 0 Å². The molecule has 1 rings (SSSR count). The molecule has 0 amide bonds. The highest BCUT2D eigenvalue weighted by Crippen LogP contribution is 2.08. The summed E-state index contributed by atoms with van der Waals surface area (Å²) in [4.78, 5) is 4.06. The predicted molar refractivity (Wildman–Crippen MR) is 83.3 cm³/mol. The van der Waals surface area contributed by atoms with Crippen LogP contribution in [0.5, 0.6) is 0 Å². The molecule has 1 heterocycles. The highest BCUT2D eigenvalue weighted by atomic mass is 14.9. The summed E-state index contributed by atoms with van der Waals surface area (Å²) in [5.74, 6) is 0. The first kappa shape index (κ1) is 16.7. The van der Waals surface area contributed by atoms with E-state index in [9.17, 15) is 0 Å². The summed E-state index contributed by atoms with van der Waals surface area (Å²) < 4.78 is 0. The fraction of sp³-hybridized carbons (Fsp3) is 0.647. The molecule has 0 radical (unpaired) electrons. The Labute approximate surface area is 123 Å². The Morgan fingerprint density at radius 2 is 1.80 bits per heavy atom. The zero-order valence-electron chi connectivity index (χ0n) is 12.7. The monoisotopic (exact) mass is 273 g/mol. The maximum atomic E-state index is 8.94. The van der Waals surface area contributed by atoms with Crippen LogP contribution in [-0.2, 0) is 6.54 Å². The topological polar surface area (TPSA) is 48.7 Å². The summed E-state index contributed by atoms with van der Waals surface area (Å²) in [6.45, 7) is 4.02. The molecule has 0 unspecified atom stereocenters. The van der Waals surface area contributed by atoms with Crippen molar-refractivity contribution in [3.8, 4) is 6.07 Å². The third-order valence-electron chi connectivity index (χ3n) is 3.52. The van der Waals surface area contributed by atoms with Crippen LogP contribution in [-0.4, -0.2) is 11.5 Å². The van der Waals surface area contributed by atoms with E-state index in [-0.39, 0.29) is 0 Å². The molecule has 3 heteroatoms. The van der Waals surface area contributed by atoms with Gasteiger partial charge in [0.1, 0.15) is 11.8 Å². The Hall–Kier alpha value is -1.40. The van der Waals surface area contributed by atoms with Gasteiger partial charge in [-0.25, -0.2) is 4.98 Å². The van der Waals surface area contributed by atoms with Crippen molar-refractivity contribution in [1.82, 2.24) is 10.3 Å². The van der Waals surface area contributed by atoms with Gasteiger partial charge in [0, 0.05) is 18.3 Å². The second-order valence-electron chi connectivity index (χ2n) is 5.27. The quantitative estimate of drug-likeness (QED) is 0.615. The largest absolute Gasteiger partial charge is 0.313 e. The van der Waals surface area contributed by atoms with Crippen LogP contribution in [0, 0.1) is 11.3 Å². The minimum Gasteiger partial charge on any atom is -0.313 e. The molecule has 0 atom stereocenters. The fourth-order valence-electron chi connectivity index (χ4n) is 2.29. The highest BCUT2D eigenvalue weighted by Gasteiger charge is 2.00. The van der Waals surface area contributed by atoms with Crippen molar-refractivity contribution in [3.63, 3.8) is 0 Å². The Balaban J connectivity index is 1.98. The number of unbranched alkanes of at least 4 members (excludes halogenated alkanes) is 7. The Kier molecular flexibility index (Phi) is 9.52. The molecule has 20 heavy (non-hydrogen) atoms. The molecule has 0 bridgehead atoms. The molecule has 0 aromatic carbocycles. The summed E-state index contributed by atoms with van der Waals surface area (Å²) >= 11 is 0. The van der Waals surface area contributed by atoms with E-state index in [0.29, 0.717) is 5.69 Å². The van der Waals surface area contributed by atoms with Crippen molar-refractivity contribution < 1.29 is 0 Å². The smallest absolute Gasteiger partial charge is 0.144 e. The van der Waals surface area contributed by atoms with Crippen LogP contribution in [0.1, 0.15) is 69.5 Å². The van der Waals surface area contributed by atoms with Gasteiger partial charge in [0.25, 0.3) is 0 Å². The number of hydrogen-bond acceptors (Lipinski definition) is 3. The lowest BCUT2D eigenvalue weighted by atomic mass is 10.1. The van der Waals surface area contributed by atoms with Gasteiger partial charge < -0.3 is 5.32 Å². The lowest BCUT2D eigenvalue weighted by molar-refractivity contribution is 0.554. The molecule has 1 aromatic rings. The molecule has 1 aromatic heterocycles. The van der Waals surface area contributed by atoms with Crippen molar-refractivity contribution in [3.05, 3.63) is 29.6 Å². The summed E-state index contributed by atoms with van der Waals surface area (Å²) in [5.41, 5.74) is 1.53. The third-order valence-corrected chi connectivity index (χ3v) is 3.52. The molecule has 0 saturated heterocycles. The summed E-state index contributed by atoms with van der Waals surface area (Å²) in [5, 5.41) is 12.3. The van der Waals surface area contributed by atoms with Crippen molar-refractivity contribution in [2.45, 2.75) is 64.8 Å². The maximum Gasteiger partial charge on any atom is 0.144 e. The Morgan fingerprint density at radius 1 is 1.10 bits per heavy atom. The first-order chi connectivity index (χ1) is 9.88. The van der Waals surface area contributed by atoms with Crippen LogP contribution in [0.15, 0.2) is 18.3 Å². The molecule has 0 aliphatic heterocycles. The van der Waals surface area contributed by atoms with Crippen LogP contribution in [0.2, 0.25) is 0 Å². The lowest BCUT2D eigenvalue weighted by Crippen LogP contribution is -2.15. The molecule has 110 valence electrons. The third kappa shape index (κ3) is 7.25. The number of aromatic nitrogens is 1. The van der Waals surface area contributed by atoms with Crippen molar-refractivity contribution in [2.24, 2.45) is 0 Å². The average molecular weight is 273 g/mol. The van der Waals surface area contributed by atoms with E-state index in [1.54, 1.807) is 6.20 Å². The van der Waals surface area contributed by atoms with E-state index in [1.165, 1.54) is 51.4 Å². The van der Waals surface area contributed by atoms with Gasteiger partial charge >= 0.3 is 0 Å². The van der Waals surface area contributed by atoms with Crippen LogP contribution in [0.25, 0.3) is 0 Å². The summed E-state index contributed by atoms with van der Waals surface area (Å²) in [6.07, 6.45) is 12.4. The van der Waals surface area contributed by atoms with Gasteiger partial charge in [-0.2, -0.15) is 5.26 Å². The molecule has 0 aliphatic carbocycles. The van der Waals surface area contributed by atoms with Gasteiger partial charge in [-0.3, -0.25) is 0 Å². The van der Waals surface area contributed by atoms with Crippen LogP contribution < -0.4 is 5.32 Å². The number of nitrogens with one attached hydrogen (secondary N) is 1. The number of pyridine rings is 1. The zero-order valence-corrected chi connectivity index (χ0v) is 12.7. The van der Waals surface area contributed by atoms with Crippen molar-refractivity contribution in [1.29, 1.82) is 5.26 Å². The Bertz CT molecular complexity index is 395. The van der Waals surface area contributed by atoms with E-state index in [1.807, 2.05) is 12.1 Å². The second kappa shape index (κ2) is 11.4. The summed E-state index contributed by atoms with van der Waals surface area (Å²) in [6, 6.07) is 5.98.